The van der Waals surface area contributed by atoms with Crippen LogP contribution in [0.3, 0.4) is 0 Å². The SMILES string of the molecule is CCCCCCCCCCC(CCCCCCCCC(OC)(OC)OC)OCC. The molecule has 0 amide bonds. The number of hydrogen-bond donors (Lipinski definition) is 0. The molecule has 0 saturated heterocycles. The van der Waals surface area contributed by atoms with Gasteiger partial charge in [-0.05, 0) is 26.2 Å². The van der Waals surface area contributed by atoms with E-state index in [1.807, 2.05) is 0 Å². The minimum absolute atomic E-state index is 0.478. The van der Waals surface area contributed by atoms with Gasteiger partial charge in [0.2, 0.25) is 0 Å². The van der Waals surface area contributed by atoms with Crippen LogP contribution in [-0.2, 0) is 18.9 Å². The molecule has 0 saturated carbocycles. The maximum atomic E-state index is 5.98. The van der Waals surface area contributed by atoms with Gasteiger partial charge in [-0.25, -0.2) is 0 Å². The van der Waals surface area contributed by atoms with Crippen molar-refractivity contribution in [1.29, 1.82) is 0 Å². The fraction of sp³-hybridized carbons (Fsp3) is 1.00. The molecule has 0 aliphatic rings. The molecule has 0 N–H and O–H groups in total. The quantitative estimate of drug-likeness (QED) is 0.127. The maximum absolute atomic E-state index is 5.98. The largest absolute Gasteiger partial charge is 0.379 e. The van der Waals surface area contributed by atoms with Crippen molar-refractivity contribution in [2.24, 2.45) is 0 Å². The Kier molecular flexibility index (Phi) is 21.0. The molecule has 0 aliphatic carbocycles. The van der Waals surface area contributed by atoms with Crippen LogP contribution in [0.25, 0.3) is 0 Å². The van der Waals surface area contributed by atoms with Crippen LogP contribution in [0.4, 0.5) is 0 Å². The molecule has 0 radical (unpaired) electrons. The summed E-state index contributed by atoms with van der Waals surface area (Å²) in [5.74, 6) is -0.861. The standard InChI is InChI=1S/C25H52O4/c1-6-8-9-10-11-12-15-18-21-24(29-7-2)22-19-16-13-14-17-20-23-25(26-3,27-4)28-5/h24H,6-23H2,1-5H3. The molecule has 0 aromatic carbocycles. The third-order valence-electron chi connectivity index (χ3n) is 5.97. The van der Waals surface area contributed by atoms with E-state index in [0.29, 0.717) is 6.10 Å². The van der Waals surface area contributed by atoms with E-state index in [2.05, 4.69) is 13.8 Å². The molecule has 4 nitrogen and oxygen atoms in total. The normalized spacial score (nSPS) is 13.1. The Labute approximate surface area is 182 Å². The van der Waals surface area contributed by atoms with Gasteiger partial charge in [0.05, 0.1) is 6.10 Å². The zero-order chi connectivity index (χ0) is 21.6. The third kappa shape index (κ3) is 16.2. The first-order chi connectivity index (χ1) is 14.2. The number of hydrogen-bond acceptors (Lipinski definition) is 4. The Morgan fingerprint density at radius 3 is 1.38 bits per heavy atom. The number of ether oxygens (including phenoxy) is 4. The van der Waals surface area contributed by atoms with Gasteiger partial charge in [-0.15, -0.1) is 0 Å². The predicted molar refractivity (Wildman–Crippen MR) is 123 cm³/mol. The van der Waals surface area contributed by atoms with Crippen LogP contribution in [-0.4, -0.2) is 40.0 Å². The lowest BCUT2D eigenvalue weighted by atomic mass is 10.0. The average Bonchev–Trinajstić information content (AvgIpc) is 2.75. The van der Waals surface area contributed by atoms with E-state index in [1.54, 1.807) is 21.3 Å². The van der Waals surface area contributed by atoms with Gasteiger partial charge in [0.1, 0.15) is 0 Å². The average molecular weight is 417 g/mol. The lowest BCUT2D eigenvalue weighted by Crippen LogP contribution is -2.35. The van der Waals surface area contributed by atoms with Crippen LogP contribution in [0.5, 0.6) is 0 Å². The highest BCUT2D eigenvalue weighted by Gasteiger charge is 2.28. The summed E-state index contributed by atoms with van der Waals surface area (Å²) < 4.78 is 22.0. The van der Waals surface area contributed by atoms with Crippen LogP contribution >= 0.6 is 0 Å². The summed E-state index contributed by atoms with van der Waals surface area (Å²) in [5, 5.41) is 0. The zero-order valence-electron chi connectivity index (χ0n) is 20.4. The summed E-state index contributed by atoms with van der Waals surface area (Å²) >= 11 is 0. The third-order valence-corrected chi connectivity index (χ3v) is 5.97. The summed E-state index contributed by atoms with van der Waals surface area (Å²) in [7, 11) is 4.90. The first-order valence-electron chi connectivity index (χ1n) is 12.4. The van der Waals surface area contributed by atoms with Gasteiger partial charge in [-0.3, -0.25) is 0 Å². The molecule has 0 bridgehead atoms. The molecule has 0 heterocycles. The van der Waals surface area contributed by atoms with E-state index in [4.69, 9.17) is 18.9 Å². The molecule has 29 heavy (non-hydrogen) atoms. The molecule has 4 heteroatoms. The minimum Gasteiger partial charge on any atom is -0.379 e. The van der Waals surface area contributed by atoms with E-state index in [9.17, 15) is 0 Å². The van der Waals surface area contributed by atoms with Crippen molar-refractivity contribution in [1.82, 2.24) is 0 Å². The van der Waals surface area contributed by atoms with Crippen molar-refractivity contribution < 1.29 is 18.9 Å². The van der Waals surface area contributed by atoms with E-state index < -0.39 is 5.97 Å². The van der Waals surface area contributed by atoms with Gasteiger partial charge in [-0.2, -0.15) is 0 Å². The molecular weight excluding hydrogens is 364 g/mol. The highest BCUT2D eigenvalue weighted by Crippen LogP contribution is 2.22. The van der Waals surface area contributed by atoms with Crippen molar-refractivity contribution in [3.05, 3.63) is 0 Å². The molecule has 0 aliphatic heterocycles. The van der Waals surface area contributed by atoms with Crippen molar-refractivity contribution >= 4 is 0 Å². The van der Waals surface area contributed by atoms with Crippen molar-refractivity contribution in [2.75, 3.05) is 27.9 Å². The zero-order valence-corrected chi connectivity index (χ0v) is 20.4. The molecular formula is C25H52O4. The number of methoxy groups -OCH3 is 3. The van der Waals surface area contributed by atoms with Gasteiger partial charge >= 0.3 is 0 Å². The fourth-order valence-electron chi connectivity index (χ4n) is 4.03. The number of rotatable bonds is 23. The first-order valence-corrected chi connectivity index (χ1v) is 12.4. The smallest absolute Gasteiger partial charge is 0.282 e. The Hall–Kier alpha value is -0.160. The van der Waals surface area contributed by atoms with Crippen molar-refractivity contribution in [2.45, 2.75) is 135 Å². The Balaban J connectivity index is 3.64. The van der Waals surface area contributed by atoms with Gasteiger partial charge in [0.15, 0.2) is 0 Å². The molecule has 176 valence electrons. The minimum atomic E-state index is -0.861. The maximum Gasteiger partial charge on any atom is 0.282 e. The van der Waals surface area contributed by atoms with Gasteiger partial charge in [0, 0.05) is 34.4 Å². The molecule has 0 rings (SSSR count). The summed E-state index contributed by atoms with van der Waals surface area (Å²) in [4.78, 5) is 0. The lowest BCUT2D eigenvalue weighted by molar-refractivity contribution is -0.355. The fourth-order valence-corrected chi connectivity index (χ4v) is 4.03. The van der Waals surface area contributed by atoms with Crippen LogP contribution < -0.4 is 0 Å². The van der Waals surface area contributed by atoms with Crippen LogP contribution in [0, 0.1) is 0 Å². The summed E-state index contributed by atoms with van der Waals surface area (Å²) in [6, 6.07) is 0. The van der Waals surface area contributed by atoms with E-state index >= 15 is 0 Å². The molecule has 0 aromatic rings. The lowest BCUT2D eigenvalue weighted by Gasteiger charge is -2.28. The summed E-state index contributed by atoms with van der Waals surface area (Å²) in [6.07, 6.45) is 22.3. The second kappa shape index (κ2) is 21.1. The van der Waals surface area contributed by atoms with Crippen molar-refractivity contribution in [3.8, 4) is 0 Å². The monoisotopic (exact) mass is 416 g/mol. The Morgan fingerprint density at radius 1 is 0.552 bits per heavy atom. The van der Waals surface area contributed by atoms with E-state index in [1.165, 1.54) is 96.3 Å². The van der Waals surface area contributed by atoms with Crippen LogP contribution in [0.15, 0.2) is 0 Å². The predicted octanol–water partition coefficient (Wildman–Crippen LogP) is 7.64. The molecule has 1 unspecified atom stereocenters. The molecule has 0 aromatic heterocycles. The van der Waals surface area contributed by atoms with Gasteiger partial charge in [0.25, 0.3) is 5.97 Å². The van der Waals surface area contributed by atoms with Gasteiger partial charge < -0.3 is 18.9 Å². The van der Waals surface area contributed by atoms with Crippen LogP contribution in [0.2, 0.25) is 0 Å². The topological polar surface area (TPSA) is 36.9 Å². The summed E-state index contributed by atoms with van der Waals surface area (Å²) in [6.45, 7) is 5.26. The van der Waals surface area contributed by atoms with Crippen LogP contribution in [0.1, 0.15) is 123 Å². The highest BCUT2D eigenvalue weighted by atomic mass is 16.9. The van der Waals surface area contributed by atoms with E-state index in [-0.39, 0.29) is 0 Å². The first kappa shape index (κ1) is 28.8. The molecule has 1 atom stereocenters. The molecule has 0 spiro atoms. The second-order valence-corrected chi connectivity index (χ2v) is 8.30. The van der Waals surface area contributed by atoms with Crippen molar-refractivity contribution in [3.63, 3.8) is 0 Å². The number of unbranched alkanes of at least 4 members (excludes halogenated alkanes) is 12. The highest BCUT2D eigenvalue weighted by molar-refractivity contribution is 4.61. The summed E-state index contributed by atoms with van der Waals surface area (Å²) in [5.41, 5.74) is 0. The van der Waals surface area contributed by atoms with Gasteiger partial charge in [-0.1, -0.05) is 90.4 Å². The molecule has 0 fully saturated rings. The Morgan fingerprint density at radius 2 is 0.966 bits per heavy atom. The second-order valence-electron chi connectivity index (χ2n) is 8.30. The van der Waals surface area contributed by atoms with E-state index in [0.717, 1.165) is 19.4 Å². The Bertz CT molecular complexity index is 310.